The van der Waals surface area contributed by atoms with Gasteiger partial charge >= 0.3 is 0 Å². The van der Waals surface area contributed by atoms with Crippen molar-refractivity contribution in [2.24, 2.45) is 10.3 Å². The highest BCUT2D eigenvalue weighted by Gasteiger charge is 2.17. The van der Waals surface area contributed by atoms with Gasteiger partial charge in [-0.05, 0) is 149 Å². The molecule has 0 saturated heterocycles. The number of nitrogens with zero attached hydrogens (tertiary/aromatic N) is 8. The number of hydrogen-bond acceptors (Lipinski definition) is 18. The van der Waals surface area contributed by atoms with E-state index in [2.05, 4.69) is 46.0 Å². The van der Waals surface area contributed by atoms with Crippen molar-refractivity contribution >= 4 is 124 Å². The summed E-state index contributed by atoms with van der Waals surface area (Å²) in [5, 5.41) is 17.3. The van der Waals surface area contributed by atoms with Crippen LogP contribution in [0.2, 0.25) is 0 Å². The molecule has 2 aromatic rings. The minimum Gasteiger partial charge on any atom is -0.396 e. The van der Waals surface area contributed by atoms with E-state index in [9.17, 15) is 24.3 Å². The summed E-state index contributed by atoms with van der Waals surface area (Å²) in [6.45, 7) is 11.1. The lowest BCUT2D eigenvalue weighted by Gasteiger charge is -2.23. The van der Waals surface area contributed by atoms with Gasteiger partial charge in [-0.2, -0.15) is 94.1 Å². The standard InChI is InChI=1S/C63H102N8O8S8/c1-2-26-68(30-20-57-14-4-3-5-15-57)60(73)21-51-84-47-12-45-82-41-8-29-71-56-59-18-16-58(17-19-59)55-66-79-34-9-42-83-46-13-50-85-52-22-61(74)69(31-33-72)27-6-39-80-43-10-48-86-53-23-62(75)70(32-36-78-38-37-77-35-25-65-67-64)28-7-40-81-44-11-49-87-54-24-63(71)76/h2-5,14-19,55,72H,1,6-13,20-54,56H2/b66-55-. The first-order chi connectivity index (χ1) is 42.8. The van der Waals surface area contributed by atoms with Gasteiger partial charge in [-0.25, -0.2) is 0 Å². The third kappa shape index (κ3) is 43.8. The Bertz CT molecular complexity index is 2140. The lowest BCUT2D eigenvalue weighted by molar-refractivity contribution is -0.132. The Labute approximate surface area is 556 Å². The van der Waals surface area contributed by atoms with Crippen LogP contribution in [-0.2, 0) is 46.5 Å². The molecule has 0 fully saturated rings. The molecule has 2 aliphatic heterocycles. The number of ether oxygens (including phenoxy) is 2. The van der Waals surface area contributed by atoms with Gasteiger partial charge in [0.05, 0.1) is 39.2 Å². The van der Waals surface area contributed by atoms with Crippen molar-refractivity contribution in [1.29, 1.82) is 0 Å². The van der Waals surface area contributed by atoms with Gasteiger partial charge in [-0.3, -0.25) is 19.2 Å². The largest absolute Gasteiger partial charge is 0.396 e. The first kappa shape index (κ1) is 78.8. The molecule has 0 aliphatic carbocycles. The monoisotopic (exact) mass is 1350 g/mol. The van der Waals surface area contributed by atoms with E-state index in [0.717, 1.165) is 161 Å². The summed E-state index contributed by atoms with van der Waals surface area (Å²) >= 11 is 15.0. The molecule has 0 spiro atoms. The number of amides is 4. The van der Waals surface area contributed by atoms with Gasteiger partial charge in [0.1, 0.15) is 6.61 Å². The molecule has 0 saturated carbocycles. The Morgan fingerprint density at radius 1 is 0.667 bits per heavy atom. The second kappa shape index (κ2) is 57.4. The fraction of sp³-hybridized carbons (Fsp3) is 0.698. The Kier molecular flexibility index (Phi) is 52.0. The van der Waals surface area contributed by atoms with Crippen LogP contribution in [-0.4, -0.2) is 239 Å². The third-order valence-corrected chi connectivity index (χ3v) is 22.3. The highest BCUT2D eigenvalue weighted by Crippen LogP contribution is 2.18. The molecule has 4 amide bonds. The molecule has 0 radical (unpaired) electrons. The number of fused-ring (bicyclic) bond motifs is 40. The highest BCUT2D eigenvalue weighted by atomic mass is 32.2. The summed E-state index contributed by atoms with van der Waals surface area (Å²) < 4.78 is 11.3. The average molecular weight is 1360 g/mol. The minimum absolute atomic E-state index is 0.0231. The van der Waals surface area contributed by atoms with Gasteiger partial charge in [0.25, 0.3) is 0 Å². The van der Waals surface area contributed by atoms with Crippen molar-refractivity contribution in [2.45, 2.75) is 90.0 Å². The van der Waals surface area contributed by atoms with E-state index in [1.165, 1.54) is 5.56 Å². The van der Waals surface area contributed by atoms with Gasteiger partial charge in [-0.1, -0.05) is 70.9 Å². The summed E-state index contributed by atoms with van der Waals surface area (Å²) in [5.41, 5.74) is 11.7. The Balaban J connectivity index is 1.49. The van der Waals surface area contributed by atoms with Crippen LogP contribution in [0.4, 0.5) is 0 Å². The van der Waals surface area contributed by atoms with Gasteiger partial charge in [-0.15, -0.1) is 6.58 Å². The zero-order chi connectivity index (χ0) is 62.1. The Morgan fingerprint density at radius 3 is 1.80 bits per heavy atom. The Hall–Kier alpha value is -2.48. The van der Waals surface area contributed by atoms with Crippen LogP contribution >= 0.6 is 94.1 Å². The van der Waals surface area contributed by atoms with Gasteiger partial charge < -0.3 is 39.0 Å². The van der Waals surface area contributed by atoms with Crippen LogP contribution in [0.1, 0.15) is 93.7 Å². The molecule has 16 nitrogen and oxygen atoms in total. The second-order valence-electron chi connectivity index (χ2n) is 20.4. The molecule has 24 heteroatoms. The second-order valence-corrected chi connectivity index (χ2v) is 30.2. The summed E-state index contributed by atoms with van der Waals surface area (Å²) in [5.74, 6) is 16.0. The fourth-order valence-electron chi connectivity index (χ4n) is 8.68. The molecule has 0 unspecified atom stereocenters. The van der Waals surface area contributed by atoms with Gasteiger partial charge in [0, 0.05) is 113 Å². The normalized spacial score (nSPS) is 17.4. The maximum atomic E-state index is 13.8. The van der Waals surface area contributed by atoms with Gasteiger partial charge in [0.2, 0.25) is 23.6 Å². The molecule has 2 aliphatic rings. The van der Waals surface area contributed by atoms with Crippen LogP contribution in [0.15, 0.2) is 77.5 Å². The van der Waals surface area contributed by atoms with Crippen LogP contribution in [0.5, 0.6) is 0 Å². The molecule has 2 heterocycles. The zero-order valence-electron chi connectivity index (χ0n) is 51.8. The fourth-order valence-corrected chi connectivity index (χ4v) is 16.4. The SMILES string of the molecule is C=CCN(CCc1ccccc1)C(=O)CCSCCCSCCCN1Cc2ccc(cc2)/C=N\OCCCSCCCSCCC(=O)N(CCO)CCCSCCCSCCC(=O)N(CCOCCOCCN=[N+]=[N-])CCCSCCCSCCC1=O. The summed E-state index contributed by atoms with van der Waals surface area (Å²) in [4.78, 5) is 69.4. The van der Waals surface area contributed by atoms with Crippen LogP contribution in [0.3, 0.4) is 0 Å². The number of carbonyl (C=O) groups is 4. The highest BCUT2D eigenvalue weighted by molar-refractivity contribution is 8.01. The van der Waals surface area contributed by atoms with E-state index in [1.807, 2.05) is 150 Å². The van der Waals surface area contributed by atoms with Gasteiger partial charge in [0.15, 0.2) is 0 Å². The van der Waals surface area contributed by atoms with Crippen molar-refractivity contribution in [3.63, 3.8) is 0 Å². The first-order valence-electron chi connectivity index (χ1n) is 31.2. The number of benzene rings is 2. The number of azide groups is 1. The van der Waals surface area contributed by atoms with E-state index in [0.29, 0.717) is 111 Å². The molecule has 4 rings (SSSR count). The molecule has 1 N–H and O–H groups in total. The number of aliphatic hydroxyl groups is 1. The quantitative estimate of drug-likeness (QED) is 0.0292. The van der Waals surface area contributed by atoms with E-state index < -0.39 is 0 Å². The molecule has 2 aromatic carbocycles. The lowest BCUT2D eigenvalue weighted by Crippen LogP contribution is -2.35. The van der Waals surface area contributed by atoms with E-state index in [4.69, 9.17) is 19.8 Å². The number of thioether (sulfide) groups is 8. The van der Waals surface area contributed by atoms with Crippen molar-refractivity contribution in [1.82, 2.24) is 19.6 Å². The smallest absolute Gasteiger partial charge is 0.223 e. The molecule has 2 bridgehead atoms. The third-order valence-electron chi connectivity index (χ3n) is 13.4. The summed E-state index contributed by atoms with van der Waals surface area (Å²) in [7, 11) is 0. The molecule has 490 valence electrons. The number of carbonyl (C=O) groups excluding carboxylic acids is 4. The number of oxime groups is 1. The van der Waals surface area contributed by atoms with Crippen LogP contribution in [0.25, 0.3) is 10.4 Å². The summed E-state index contributed by atoms with van der Waals surface area (Å²) in [6, 6.07) is 18.5. The Morgan fingerprint density at radius 2 is 1.21 bits per heavy atom. The van der Waals surface area contributed by atoms with Crippen LogP contribution < -0.4 is 0 Å². The van der Waals surface area contributed by atoms with Crippen molar-refractivity contribution in [3.8, 4) is 0 Å². The molecule has 0 aromatic heterocycles. The molecular formula is C63H102N8O8S8. The molecule has 87 heavy (non-hydrogen) atoms. The maximum Gasteiger partial charge on any atom is 0.223 e. The number of aliphatic hydroxyl groups excluding tert-OH is 1. The van der Waals surface area contributed by atoms with Crippen molar-refractivity contribution in [3.05, 3.63) is 94.4 Å². The molecule has 0 atom stereocenters. The summed E-state index contributed by atoms with van der Waals surface area (Å²) in [6.07, 6.45) is 14.4. The zero-order valence-corrected chi connectivity index (χ0v) is 58.4. The van der Waals surface area contributed by atoms with Crippen molar-refractivity contribution in [2.75, 3.05) is 184 Å². The predicted molar refractivity (Wildman–Crippen MR) is 382 cm³/mol. The topological polar surface area (TPSA) is 190 Å². The van der Waals surface area contributed by atoms with Crippen LogP contribution in [0, 0.1) is 0 Å². The maximum absolute atomic E-state index is 13.8. The number of rotatable bonds is 27. The predicted octanol–water partition coefficient (Wildman–Crippen LogP) is 12.2. The lowest BCUT2D eigenvalue weighted by atomic mass is 10.1. The van der Waals surface area contributed by atoms with E-state index in [-0.39, 0.29) is 36.8 Å². The van der Waals surface area contributed by atoms with E-state index >= 15 is 0 Å². The average Bonchev–Trinajstić information content (AvgIpc) is 3.69. The van der Waals surface area contributed by atoms with Crippen molar-refractivity contribution < 1.29 is 38.6 Å². The minimum atomic E-state index is -0.0231. The van der Waals surface area contributed by atoms with E-state index in [1.54, 1.807) is 6.21 Å². The number of hydrogen-bond donors (Lipinski definition) is 1. The first-order valence-corrected chi connectivity index (χ1v) is 40.5. The molecular weight excluding hydrogens is 1250 g/mol.